The Morgan fingerprint density at radius 1 is 1.19 bits per heavy atom. The summed E-state index contributed by atoms with van der Waals surface area (Å²) in [5, 5.41) is 4.77. The van der Waals surface area contributed by atoms with E-state index in [0.29, 0.717) is 6.54 Å². The fraction of sp³-hybridized carbons (Fsp3) is 0.500. The molecule has 0 aliphatic carbocycles. The Morgan fingerprint density at radius 2 is 1.93 bits per heavy atom. The predicted octanol–water partition coefficient (Wildman–Crippen LogP) is 2.70. The standard InChI is InChI=1S/C20H28N4O2S/c1-4-22-9-11-23(12-10-22)18-6-5-17(13-15(18)2)21-19(25)7-8-24-16(3)14-27-20(24)26/h5-6,13-14H,4,7-12H2,1-3H3,(H,21,25). The molecule has 2 heterocycles. The van der Waals surface area contributed by atoms with Crippen LogP contribution in [0.5, 0.6) is 0 Å². The van der Waals surface area contributed by atoms with Crippen LogP contribution >= 0.6 is 11.3 Å². The second-order valence-electron chi connectivity index (χ2n) is 7.02. The topological polar surface area (TPSA) is 57.6 Å². The van der Waals surface area contributed by atoms with Crippen LogP contribution in [0.15, 0.2) is 28.4 Å². The zero-order valence-corrected chi connectivity index (χ0v) is 17.1. The Bertz CT molecular complexity index is 850. The smallest absolute Gasteiger partial charge is 0.307 e. The quantitative estimate of drug-likeness (QED) is 0.827. The van der Waals surface area contributed by atoms with Gasteiger partial charge in [-0.25, -0.2) is 0 Å². The summed E-state index contributed by atoms with van der Waals surface area (Å²) in [6.07, 6.45) is 0.289. The molecule has 0 atom stereocenters. The minimum absolute atomic E-state index is 0.0105. The summed E-state index contributed by atoms with van der Waals surface area (Å²) >= 11 is 1.17. The van der Waals surface area contributed by atoms with Gasteiger partial charge in [-0.2, -0.15) is 0 Å². The van der Waals surface area contributed by atoms with E-state index < -0.39 is 0 Å². The Morgan fingerprint density at radius 3 is 2.52 bits per heavy atom. The first-order chi connectivity index (χ1) is 13.0. The number of piperazine rings is 1. The SMILES string of the molecule is CCN1CCN(c2ccc(NC(=O)CCn3c(C)csc3=O)cc2C)CC1. The normalized spacial score (nSPS) is 15.1. The van der Waals surface area contributed by atoms with Gasteiger partial charge in [-0.3, -0.25) is 9.59 Å². The van der Waals surface area contributed by atoms with E-state index in [0.717, 1.165) is 44.1 Å². The molecule has 1 aliphatic rings. The van der Waals surface area contributed by atoms with Crippen LogP contribution in [-0.2, 0) is 11.3 Å². The largest absolute Gasteiger partial charge is 0.369 e. The summed E-state index contributed by atoms with van der Waals surface area (Å²) in [5.74, 6) is -0.0730. The number of carbonyl (C=O) groups excluding carboxylic acids is 1. The molecule has 0 saturated carbocycles. The number of hydrogen-bond donors (Lipinski definition) is 1. The Hall–Kier alpha value is -2.12. The van der Waals surface area contributed by atoms with E-state index in [2.05, 4.69) is 35.0 Å². The number of aryl methyl sites for hydroxylation is 2. The average Bonchev–Trinajstić information content (AvgIpc) is 2.98. The molecule has 0 unspecified atom stereocenters. The highest BCUT2D eigenvalue weighted by molar-refractivity contribution is 7.07. The predicted molar refractivity (Wildman–Crippen MR) is 112 cm³/mol. The molecule has 146 valence electrons. The van der Waals surface area contributed by atoms with Crippen LogP contribution in [0, 0.1) is 13.8 Å². The minimum Gasteiger partial charge on any atom is -0.369 e. The zero-order chi connectivity index (χ0) is 19.4. The Balaban J connectivity index is 1.57. The van der Waals surface area contributed by atoms with E-state index in [1.54, 1.807) is 4.57 Å². The minimum atomic E-state index is -0.0730. The lowest BCUT2D eigenvalue weighted by Crippen LogP contribution is -2.46. The van der Waals surface area contributed by atoms with Gasteiger partial charge < -0.3 is 19.7 Å². The third-order valence-corrected chi connectivity index (χ3v) is 6.06. The van der Waals surface area contributed by atoms with Gasteiger partial charge in [0.1, 0.15) is 0 Å². The highest BCUT2D eigenvalue weighted by atomic mass is 32.1. The van der Waals surface area contributed by atoms with Crippen molar-refractivity contribution >= 4 is 28.6 Å². The molecule has 1 fully saturated rings. The van der Waals surface area contributed by atoms with Crippen molar-refractivity contribution in [1.82, 2.24) is 9.47 Å². The fourth-order valence-corrected chi connectivity index (χ4v) is 4.27. The fourth-order valence-electron chi connectivity index (χ4n) is 3.50. The van der Waals surface area contributed by atoms with E-state index in [4.69, 9.17) is 0 Å². The maximum atomic E-state index is 12.3. The van der Waals surface area contributed by atoms with Crippen molar-refractivity contribution in [2.75, 3.05) is 42.9 Å². The molecule has 0 spiro atoms. The molecule has 27 heavy (non-hydrogen) atoms. The summed E-state index contributed by atoms with van der Waals surface area (Å²) in [6, 6.07) is 6.09. The molecule has 1 aromatic carbocycles. The summed E-state index contributed by atoms with van der Waals surface area (Å²) in [4.78, 5) is 28.8. The van der Waals surface area contributed by atoms with E-state index in [1.807, 2.05) is 24.4 Å². The number of amides is 1. The lowest BCUT2D eigenvalue weighted by Gasteiger charge is -2.36. The van der Waals surface area contributed by atoms with Gasteiger partial charge in [0, 0.05) is 61.6 Å². The molecule has 0 bridgehead atoms. The third kappa shape index (κ3) is 4.78. The van der Waals surface area contributed by atoms with E-state index in [1.165, 1.54) is 22.6 Å². The molecule has 2 aromatic rings. The average molecular weight is 389 g/mol. The lowest BCUT2D eigenvalue weighted by molar-refractivity contribution is -0.116. The zero-order valence-electron chi connectivity index (χ0n) is 16.3. The van der Waals surface area contributed by atoms with Crippen molar-refractivity contribution < 1.29 is 4.79 Å². The molecule has 7 heteroatoms. The van der Waals surface area contributed by atoms with Gasteiger partial charge >= 0.3 is 4.87 Å². The first-order valence-corrected chi connectivity index (χ1v) is 10.4. The van der Waals surface area contributed by atoms with Crippen LogP contribution in [0.2, 0.25) is 0 Å². The van der Waals surface area contributed by atoms with Gasteiger partial charge in [-0.15, -0.1) is 0 Å². The van der Waals surface area contributed by atoms with Crippen molar-refractivity contribution in [3.8, 4) is 0 Å². The van der Waals surface area contributed by atoms with Crippen molar-refractivity contribution in [2.24, 2.45) is 0 Å². The van der Waals surface area contributed by atoms with Crippen molar-refractivity contribution in [2.45, 2.75) is 33.7 Å². The summed E-state index contributed by atoms with van der Waals surface area (Å²) in [5.41, 5.74) is 4.12. The second kappa shape index (κ2) is 8.71. The van der Waals surface area contributed by atoms with E-state index >= 15 is 0 Å². The van der Waals surface area contributed by atoms with E-state index in [-0.39, 0.29) is 17.2 Å². The van der Waals surface area contributed by atoms with E-state index in [9.17, 15) is 9.59 Å². The number of rotatable bonds is 6. The molecule has 1 amide bonds. The van der Waals surface area contributed by atoms with Crippen LogP contribution in [0.25, 0.3) is 0 Å². The van der Waals surface area contributed by atoms with Crippen LogP contribution < -0.4 is 15.1 Å². The van der Waals surface area contributed by atoms with Crippen LogP contribution in [0.4, 0.5) is 11.4 Å². The summed E-state index contributed by atoms with van der Waals surface area (Å²) < 4.78 is 1.65. The number of anilines is 2. The third-order valence-electron chi connectivity index (χ3n) is 5.18. The summed E-state index contributed by atoms with van der Waals surface area (Å²) in [6.45, 7) is 12.0. The number of carbonyl (C=O) groups is 1. The van der Waals surface area contributed by atoms with Gasteiger partial charge in [0.2, 0.25) is 5.91 Å². The maximum Gasteiger partial charge on any atom is 0.307 e. The number of hydrogen-bond acceptors (Lipinski definition) is 5. The van der Waals surface area contributed by atoms with Crippen molar-refractivity contribution in [3.05, 3.63) is 44.5 Å². The number of nitrogens with one attached hydrogen (secondary N) is 1. The molecular formula is C20H28N4O2S. The molecule has 1 N–H and O–H groups in total. The Kier molecular flexibility index (Phi) is 6.34. The maximum absolute atomic E-state index is 12.3. The van der Waals surface area contributed by atoms with Crippen LogP contribution in [-0.4, -0.2) is 48.1 Å². The molecule has 0 radical (unpaired) electrons. The second-order valence-corrected chi connectivity index (χ2v) is 7.84. The van der Waals surface area contributed by atoms with Crippen LogP contribution in [0.1, 0.15) is 24.6 Å². The monoisotopic (exact) mass is 388 g/mol. The first-order valence-electron chi connectivity index (χ1n) is 9.50. The Labute approximate surface area is 164 Å². The van der Waals surface area contributed by atoms with Crippen molar-refractivity contribution in [3.63, 3.8) is 0 Å². The van der Waals surface area contributed by atoms with Crippen molar-refractivity contribution in [1.29, 1.82) is 0 Å². The molecule has 6 nitrogen and oxygen atoms in total. The number of likely N-dealkylation sites (N-methyl/N-ethyl adjacent to an activating group) is 1. The van der Waals surface area contributed by atoms with Gasteiger partial charge in [-0.1, -0.05) is 18.3 Å². The van der Waals surface area contributed by atoms with Crippen LogP contribution in [0.3, 0.4) is 0 Å². The number of nitrogens with zero attached hydrogens (tertiary/aromatic N) is 3. The lowest BCUT2D eigenvalue weighted by atomic mass is 10.1. The highest BCUT2D eigenvalue weighted by Gasteiger charge is 2.17. The van der Waals surface area contributed by atoms with Gasteiger partial charge in [0.05, 0.1) is 0 Å². The molecule has 1 aliphatic heterocycles. The van der Waals surface area contributed by atoms with Gasteiger partial charge in [0.25, 0.3) is 0 Å². The number of aromatic nitrogens is 1. The molecular weight excluding hydrogens is 360 g/mol. The molecule has 1 aromatic heterocycles. The van der Waals surface area contributed by atoms with Gasteiger partial charge in [0.15, 0.2) is 0 Å². The first kappa shape index (κ1) is 19.6. The highest BCUT2D eigenvalue weighted by Crippen LogP contribution is 2.25. The van der Waals surface area contributed by atoms with Gasteiger partial charge in [-0.05, 0) is 44.2 Å². The molecule has 1 saturated heterocycles. The number of benzene rings is 1. The molecule has 3 rings (SSSR count). The summed E-state index contributed by atoms with van der Waals surface area (Å²) in [7, 11) is 0. The number of thiazole rings is 1.